The van der Waals surface area contributed by atoms with Gasteiger partial charge < -0.3 is 37.9 Å². The first-order chi connectivity index (χ1) is 49.5. The summed E-state index contributed by atoms with van der Waals surface area (Å²) in [5.41, 5.74) is 6.02. The van der Waals surface area contributed by atoms with Crippen LogP contribution in [0, 0.1) is 0 Å². The van der Waals surface area contributed by atoms with E-state index in [0.717, 1.165) is 130 Å². The van der Waals surface area contributed by atoms with Gasteiger partial charge in [0.05, 0.1) is 39.6 Å². The minimum absolute atomic E-state index is 0.250. The first-order valence-corrected chi connectivity index (χ1v) is 35.8. The second-order valence-corrected chi connectivity index (χ2v) is 22.8. The molecule has 0 bridgehead atoms. The zero-order chi connectivity index (χ0) is 73.4. The number of carbonyl (C=O) groups is 6. The molecule has 0 atom stereocenters. The summed E-state index contributed by atoms with van der Waals surface area (Å²) in [6, 6.07) is 58.2. The molecule has 0 aliphatic rings. The number of benzene rings is 6. The van der Waals surface area contributed by atoms with Gasteiger partial charge in [-0.2, -0.15) is 0 Å². The SMILES string of the molecule is CCCCCCCCCOC(=O)/C=C/c1ccccc1.CCCCCOC(=O)/C=C/c1ccccc1.CCCCOC(=O)/C=C/c1ccccc1.CCCOC(=O)/C=C/c1ccccc1.COCCCCCCOC(=O)/C=C/c1ccccc1.COCCCCOC(=O)/C=C/c1ccccc1. The molecule has 0 N–H and O–H groups in total. The summed E-state index contributed by atoms with van der Waals surface area (Å²) in [5.74, 6) is -1.64. The number of esters is 6. The van der Waals surface area contributed by atoms with Gasteiger partial charge in [0, 0.05) is 63.9 Å². The predicted molar refractivity (Wildman–Crippen MR) is 413 cm³/mol. The molecule has 6 rings (SSSR count). The van der Waals surface area contributed by atoms with Crippen molar-refractivity contribution in [3.8, 4) is 0 Å². The summed E-state index contributed by atoms with van der Waals surface area (Å²) in [5, 5.41) is 0. The van der Waals surface area contributed by atoms with E-state index in [1.807, 2.05) is 189 Å². The molecule has 0 radical (unpaired) electrons. The largest absolute Gasteiger partial charge is 0.463 e. The normalized spacial score (nSPS) is 10.6. The van der Waals surface area contributed by atoms with Gasteiger partial charge >= 0.3 is 35.8 Å². The minimum atomic E-state index is -0.300. The van der Waals surface area contributed by atoms with Crippen LogP contribution >= 0.6 is 0 Å². The molecular weight excluding hydrogens is 1270 g/mol. The zero-order valence-corrected chi connectivity index (χ0v) is 61.1. The Balaban J connectivity index is 0.000000608. The number of unbranched alkanes of at least 4 members (excludes halogenated alkanes) is 13. The van der Waals surface area contributed by atoms with E-state index in [4.69, 9.17) is 37.9 Å². The van der Waals surface area contributed by atoms with E-state index in [9.17, 15) is 28.8 Å². The van der Waals surface area contributed by atoms with Crippen molar-refractivity contribution in [2.45, 2.75) is 150 Å². The lowest BCUT2D eigenvalue weighted by atomic mass is 10.1. The van der Waals surface area contributed by atoms with Gasteiger partial charge in [-0.15, -0.1) is 0 Å². The van der Waals surface area contributed by atoms with Gasteiger partial charge in [-0.3, -0.25) is 0 Å². The van der Waals surface area contributed by atoms with Gasteiger partial charge in [0.2, 0.25) is 0 Å². The lowest BCUT2D eigenvalue weighted by Crippen LogP contribution is -2.03. The van der Waals surface area contributed by atoms with Crippen molar-refractivity contribution in [2.24, 2.45) is 0 Å². The Morgan fingerprint density at radius 2 is 0.396 bits per heavy atom. The molecule has 0 fully saturated rings. The van der Waals surface area contributed by atoms with Crippen molar-refractivity contribution in [3.05, 3.63) is 252 Å². The van der Waals surface area contributed by atoms with Crippen LogP contribution in [0.3, 0.4) is 0 Å². The molecule has 0 aliphatic heterocycles. The van der Waals surface area contributed by atoms with Crippen LogP contribution in [0.25, 0.3) is 36.5 Å². The van der Waals surface area contributed by atoms with Crippen LogP contribution in [0.5, 0.6) is 0 Å². The van der Waals surface area contributed by atoms with Crippen LogP contribution < -0.4 is 0 Å². The third kappa shape index (κ3) is 59.1. The summed E-state index contributed by atoms with van der Waals surface area (Å²) in [4.78, 5) is 67.7. The molecule has 6 aromatic rings. The number of rotatable bonds is 41. The summed E-state index contributed by atoms with van der Waals surface area (Å²) in [6.07, 6.45) is 39.9. The molecule has 0 aliphatic carbocycles. The summed E-state index contributed by atoms with van der Waals surface area (Å²) >= 11 is 0. The van der Waals surface area contributed by atoms with Crippen molar-refractivity contribution >= 4 is 72.3 Å². The van der Waals surface area contributed by atoms with E-state index in [-0.39, 0.29) is 35.8 Å². The number of carbonyl (C=O) groups excluding carboxylic acids is 6. The number of hydrogen-bond acceptors (Lipinski definition) is 14. The fourth-order valence-corrected chi connectivity index (χ4v) is 8.33. The monoisotopic (exact) mass is 1380 g/mol. The molecule has 14 heteroatoms. The first kappa shape index (κ1) is 89.5. The summed E-state index contributed by atoms with van der Waals surface area (Å²) < 4.78 is 40.1. The molecule has 0 saturated carbocycles. The Labute approximate surface area is 604 Å². The lowest BCUT2D eigenvalue weighted by Gasteiger charge is -2.02. The molecule has 101 heavy (non-hydrogen) atoms. The van der Waals surface area contributed by atoms with Gasteiger partial charge in [0.25, 0.3) is 0 Å². The van der Waals surface area contributed by atoms with E-state index in [1.165, 1.54) is 68.6 Å². The van der Waals surface area contributed by atoms with Crippen LogP contribution in [-0.4, -0.2) is 103 Å². The molecule has 14 nitrogen and oxygen atoms in total. The zero-order valence-electron chi connectivity index (χ0n) is 61.1. The van der Waals surface area contributed by atoms with E-state index in [1.54, 1.807) is 50.7 Å². The molecule has 0 saturated heterocycles. The topological polar surface area (TPSA) is 176 Å². The third-order valence-corrected chi connectivity index (χ3v) is 13.9. The van der Waals surface area contributed by atoms with Crippen LogP contribution in [-0.2, 0) is 66.7 Å². The van der Waals surface area contributed by atoms with Crippen molar-refractivity contribution in [3.63, 3.8) is 0 Å². The van der Waals surface area contributed by atoms with Crippen LogP contribution in [0.4, 0.5) is 0 Å². The predicted octanol–water partition coefficient (Wildman–Crippen LogP) is 20.2. The van der Waals surface area contributed by atoms with Gasteiger partial charge in [-0.1, -0.05) is 274 Å². The second-order valence-electron chi connectivity index (χ2n) is 22.8. The molecule has 0 unspecified atom stereocenters. The van der Waals surface area contributed by atoms with Gasteiger partial charge in [-0.05, 0) is 128 Å². The van der Waals surface area contributed by atoms with E-state index in [0.29, 0.717) is 46.2 Å². The molecule has 6 aromatic carbocycles. The maximum absolute atomic E-state index is 11.5. The van der Waals surface area contributed by atoms with E-state index < -0.39 is 0 Å². The maximum atomic E-state index is 11.5. The first-order valence-electron chi connectivity index (χ1n) is 35.8. The average Bonchev–Trinajstić information content (AvgIpc) is 3.79. The molecular formula is C87H114O14. The molecule has 0 amide bonds. The van der Waals surface area contributed by atoms with Gasteiger partial charge in [0.1, 0.15) is 0 Å². The highest BCUT2D eigenvalue weighted by Gasteiger charge is 2.02. The minimum Gasteiger partial charge on any atom is -0.463 e. The van der Waals surface area contributed by atoms with Crippen molar-refractivity contribution < 1.29 is 66.7 Å². The maximum Gasteiger partial charge on any atom is 0.330 e. The van der Waals surface area contributed by atoms with Crippen LogP contribution in [0.1, 0.15) is 183 Å². The quantitative estimate of drug-likeness (QED) is 0.0153. The number of hydrogen-bond donors (Lipinski definition) is 0. The van der Waals surface area contributed by atoms with Crippen molar-refractivity contribution in [1.82, 2.24) is 0 Å². The standard InChI is InChI=1S/C18H26O2.C16H22O3.C14H18O3.C14H18O2.C13H16O2.C12H14O2/c1-2-3-4-5-6-7-11-16-20-18(19)15-14-17-12-9-8-10-13-17;1-18-13-7-2-3-8-14-19-16(17)12-11-15-9-5-4-6-10-15;1-16-11-5-6-12-17-14(15)10-9-13-7-3-2-4-8-13;1-2-3-7-12-16-14(15)11-10-13-8-5-4-6-9-13;1-2-3-11-15-13(14)10-9-12-7-5-4-6-8-12;1-2-10-14-12(13)9-8-11-6-4-3-5-7-11/h8-10,12-15H,2-7,11,16H2,1H3;4-6,9-12H,2-3,7-8,13-14H2,1H3;2-4,7-10H,5-6,11-12H2,1H3;4-6,8-11H,2-3,7,12H2,1H3;4-10H,2-3,11H2,1H3;3-9H,2,10H2,1H3/b15-14+;12-11+;10-9+;11-10+;10-9+;9-8+. The van der Waals surface area contributed by atoms with Crippen molar-refractivity contribution in [2.75, 3.05) is 67.1 Å². The van der Waals surface area contributed by atoms with E-state index >= 15 is 0 Å². The number of ether oxygens (including phenoxy) is 8. The fraction of sp³-hybridized carbons (Fsp3) is 0.379. The van der Waals surface area contributed by atoms with Crippen molar-refractivity contribution in [1.29, 1.82) is 0 Å². The molecule has 0 aromatic heterocycles. The molecule has 0 heterocycles. The lowest BCUT2D eigenvalue weighted by molar-refractivity contribution is -0.138. The highest BCUT2D eigenvalue weighted by atomic mass is 16.6. The Bertz CT molecular complexity index is 3140. The molecule has 546 valence electrons. The highest BCUT2D eigenvalue weighted by Crippen LogP contribution is 2.10. The van der Waals surface area contributed by atoms with E-state index in [2.05, 4.69) is 20.8 Å². The third-order valence-electron chi connectivity index (χ3n) is 13.9. The average molecular weight is 1380 g/mol. The highest BCUT2D eigenvalue weighted by molar-refractivity contribution is 5.89. The second kappa shape index (κ2) is 67.7. The molecule has 0 spiro atoms. The Morgan fingerprint density at radius 1 is 0.218 bits per heavy atom. The Morgan fingerprint density at radius 3 is 0.634 bits per heavy atom. The number of methoxy groups -OCH3 is 2. The summed E-state index contributed by atoms with van der Waals surface area (Å²) in [6.45, 7) is 12.9. The van der Waals surface area contributed by atoms with Gasteiger partial charge in [0.15, 0.2) is 0 Å². The Kier molecular flexibility index (Phi) is 60.0. The smallest absolute Gasteiger partial charge is 0.330 e. The van der Waals surface area contributed by atoms with Crippen LogP contribution in [0.15, 0.2) is 218 Å². The fourth-order valence-electron chi connectivity index (χ4n) is 8.33. The van der Waals surface area contributed by atoms with Crippen LogP contribution in [0.2, 0.25) is 0 Å². The summed E-state index contributed by atoms with van der Waals surface area (Å²) in [7, 11) is 3.37. The van der Waals surface area contributed by atoms with Gasteiger partial charge in [-0.25, -0.2) is 28.8 Å². The Hall–Kier alpha value is -9.50.